The third-order valence-electron chi connectivity index (χ3n) is 5.34. The van der Waals surface area contributed by atoms with Crippen LogP contribution in [0, 0.1) is 0 Å². The first-order valence-corrected chi connectivity index (χ1v) is 9.12. The summed E-state index contributed by atoms with van der Waals surface area (Å²) in [6.07, 6.45) is 3.70. The molecule has 0 bridgehead atoms. The highest BCUT2D eigenvalue weighted by Gasteiger charge is 2.34. The monoisotopic (exact) mass is 353 g/mol. The van der Waals surface area contributed by atoms with E-state index in [2.05, 4.69) is 9.67 Å². The number of rotatable bonds is 2. The van der Waals surface area contributed by atoms with Gasteiger partial charge >= 0.3 is 0 Å². The topological polar surface area (TPSA) is 70.8 Å². The third kappa shape index (κ3) is 2.77. The molecule has 4 rings (SSSR count). The Morgan fingerprint density at radius 3 is 2.73 bits per heavy atom. The molecule has 1 aromatic carbocycles. The summed E-state index contributed by atoms with van der Waals surface area (Å²) in [7, 11) is 3.61. The van der Waals surface area contributed by atoms with Crippen molar-refractivity contribution >= 4 is 28.6 Å². The smallest absolute Gasteiger partial charge is 0.270 e. The number of hydrazone groups is 1. The van der Waals surface area contributed by atoms with E-state index >= 15 is 0 Å². The third-order valence-corrected chi connectivity index (χ3v) is 5.34. The van der Waals surface area contributed by atoms with E-state index in [1.54, 1.807) is 7.05 Å². The van der Waals surface area contributed by atoms with Gasteiger partial charge in [0.2, 0.25) is 5.91 Å². The van der Waals surface area contributed by atoms with E-state index in [0.29, 0.717) is 25.1 Å². The molecule has 0 spiro atoms. The lowest BCUT2D eigenvalue weighted by atomic mass is 9.99. The van der Waals surface area contributed by atoms with Crippen LogP contribution in [0.4, 0.5) is 0 Å². The van der Waals surface area contributed by atoms with Crippen LogP contribution in [0.1, 0.15) is 44.0 Å². The second-order valence-electron chi connectivity index (χ2n) is 6.99. The van der Waals surface area contributed by atoms with Crippen LogP contribution in [0.25, 0.3) is 11.0 Å². The molecule has 0 unspecified atom stereocenters. The van der Waals surface area contributed by atoms with Crippen molar-refractivity contribution in [1.29, 1.82) is 0 Å². The molecule has 2 amide bonds. The highest BCUT2D eigenvalue weighted by atomic mass is 16.2. The summed E-state index contributed by atoms with van der Waals surface area (Å²) in [5, 5.41) is 5.50. The summed E-state index contributed by atoms with van der Waals surface area (Å²) in [5.41, 5.74) is 2.49. The molecule has 7 heteroatoms. The van der Waals surface area contributed by atoms with Crippen molar-refractivity contribution in [2.45, 2.75) is 38.1 Å². The fourth-order valence-corrected chi connectivity index (χ4v) is 3.89. The molecule has 1 atom stereocenters. The number of imidazole rings is 1. The average Bonchev–Trinajstić information content (AvgIpc) is 3.00. The Hall–Kier alpha value is -2.70. The molecule has 2 aromatic rings. The molecule has 3 heterocycles. The van der Waals surface area contributed by atoms with Gasteiger partial charge in [0.05, 0.1) is 17.1 Å². The first-order chi connectivity index (χ1) is 12.6. The van der Waals surface area contributed by atoms with Crippen LogP contribution in [0.15, 0.2) is 29.4 Å². The quantitative estimate of drug-likeness (QED) is 0.831. The van der Waals surface area contributed by atoms with Crippen molar-refractivity contribution in [3.63, 3.8) is 0 Å². The maximum atomic E-state index is 13.1. The molecule has 0 aliphatic carbocycles. The fraction of sp³-hybridized carbons (Fsp3) is 0.474. The second-order valence-corrected chi connectivity index (χ2v) is 6.99. The van der Waals surface area contributed by atoms with Gasteiger partial charge in [0.1, 0.15) is 11.5 Å². The van der Waals surface area contributed by atoms with Crippen LogP contribution in [0.2, 0.25) is 0 Å². The van der Waals surface area contributed by atoms with Gasteiger partial charge in [-0.05, 0) is 31.4 Å². The van der Waals surface area contributed by atoms with Crippen LogP contribution < -0.4 is 0 Å². The zero-order valence-electron chi connectivity index (χ0n) is 15.2. The number of piperidine rings is 1. The minimum atomic E-state index is -0.0684. The van der Waals surface area contributed by atoms with Gasteiger partial charge < -0.3 is 9.47 Å². The van der Waals surface area contributed by atoms with E-state index < -0.39 is 0 Å². The first kappa shape index (κ1) is 16.8. The predicted molar refractivity (Wildman–Crippen MR) is 98.5 cm³/mol. The highest BCUT2D eigenvalue weighted by molar-refractivity contribution is 6.39. The van der Waals surface area contributed by atoms with E-state index in [4.69, 9.17) is 4.98 Å². The summed E-state index contributed by atoms with van der Waals surface area (Å²) in [5.74, 6) is 0.799. The van der Waals surface area contributed by atoms with Gasteiger partial charge in [-0.3, -0.25) is 9.59 Å². The Labute approximate surface area is 152 Å². The lowest BCUT2D eigenvalue weighted by Gasteiger charge is -2.36. The number of amides is 2. The maximum absolute atomic E-state index is 13.1. The molecule has 2 aliphatic heterocycles. The van der Waals surface area contributed by atoms with Crippen molar-refractivity contribution < 1.29 is 9.59 Å². The molecule has 2 aliphatic rings. The maximum Gasteiger partial charge on any atom is 0.270 e. The van der Waals surface area contributed by atoms with Crippen LogP contribution in [0.5, 0.6) is 0 Å². The Morgan fingerprint density at radius 2 is 1.96 bits per heavy atom. The minimum absolute atomic E-state index is 0.0490. The Bertz CT molecular complexity index is 900. The molecule has 0 saturated carbocycles. The summed E-state index contributed by atoms with van der Waals surface area (Å²) in [4.78, 5) is 31.5. The molecule has 0 radical (unpaired) electrons. The number of fused-ring (bicyclic) bond motifs is 1. The molecule has 1 saturated heterocycles. The van der Waals surface area contributed by atoms with E-state index in [9.17, 15) is 9.59 Å². The average molecular weight is 353 g/mol. The molecular weight excluding hydrogens is 330 g/mol. The Morgan fingerprint density at radius 1 is 1.15 bits per heavy atom. The number of carbonyl (C=O) groups excluding carboxylic acids is 2. The van der Waals surface area contributed by atoms with Crippen molar-refractivity contribution in [2.24, 2.45) is 12.1 Å². The molecule has 7 nitrogen and oxygen atoms in total. The Balaban J connectivity index is 1.68. The van der Waals surface area contributed by atoms with Gasteiger partial charge in [-0.2, -0.15) is 5.10 Å². The zero-order valence-corrected chi connectivity index (χ0v) is 15.2. The SMILES string of the molecule is CN1N=C(C(=O)N2CCCC[C@H]2c2nc3ccccc3n2C)CCC1=O. The van der Waals surface area contributed by atoms with E-state index in [0.717, 1.165) is 36.1 Å². The molecule has 1 fully saturated rings. The van der Waals surface area contributed by atoms with E-state index in [1.165, 1.54) is 5.01 Å². The number of benzene rings is 1. The number of aryl methyl sites for hydroxylation is 1. The Kier molecular flexibility index (Phi) is 4.22. The van der Waals surface area contributed by atoms with Gasteiger partial charge in [0.15, 0.2) is 0 Å². The largest absolute Gasteiger partial charge is 0.329 e. The van der Waals surface area contributed by atoms with Crippen LogP contribution in [0.3, 0.4) is 0 Å². The highest BCUT2D eigenvalue weighted by Crippen LogP contribution is 2.32. The fourth-order valence-electron chi connectivity index (χ4n) is 3.89. The number of carbonyl (C=O) groups is 2. The van der Waals surface area contributed by atoms with Gasteiger partial charge in [-0.1, -0.05) is 12.1 Å². The number of hydrogen-bond donors (Lipinski definition) is 0. The van der Waals surface area contributed by atoms with Crippen LogP contribution in [-0.4, -0.2) is 50.6 Å². The number of likely N-dealkylation sites (tertiary alicyclic amines) is 1. The molecule has 26 heavy (non-hydrogen) atoms. The van der Waals surface area contributed by atoms with Crippen LogP contribution in [-0.2, 0) is 16.6 Å². The second kappa shape index (κ2) is 6.55. The summed E-state index contributed by atoms with van der Waals surface area (Å²) in [6.45, 7) is 0.698. The molecule has 0 N–H and O–H groups in total. The van der Waals surface area contributed by atoms with Crippen molar-refractivity contribution in [2.75, 3.05) is 13.6 Å². The number of aromatic nitrogens is 2. The summed E-state index contributed by atoms with van der Waals surface area (Å²) in [6, 6.07) is 7.97. The number of nitrogens with zero attached hydrogens (tertiary/aromatic N) is 5. The molecule has 1 aromatic heterocycles. The van der Waals surface area contributed by atoms with Crippen molar-refractivity contribution in [3.8, 4) is 0 Å². The predicted octanol–water partition coefficient (Wildman–Crippen LogP) is 2.24. The summed E-state index contributed by atoms with van der Waals surface area (Å²) >= 11 is 0. The van der Waals surface area contributed by atoms with Crippen LogP contribution >= 0.6 is 0 Å². The molecule has 136 valence electrons. The normalized spacial score (nSPS) is 21.2. The number of hydrogen-bond acceptors (Lipinski definition) is 4. The zero-order chi connectivity index (χ0) is 18.3. The van der Waals surface area contributed by atoms with Crippen molar-refractivity contribution in [3.05, 3.63) is 30.1 Å². The molecular formula is C19H23N5O2. The first-order valence-electron chi connectivity index (χ1n) is 9.12. The van der Waals surface area contributed by atoms with Crippen molar-refractivity contribution in [1.82, 2.24) is 19.5 Å². The van der Waals surface area contributed by atoms with E-state index in [1.807, 2.05) is 36.2 Å². The number of para-hydroxylation sites is 2. The van der Waals surface area contributed by atoms with Gasteiger partial charge in [0, 0.05) is 33.5 Å². The summed E-state index contributed by atoms with van der Waals surface area (Å²) < 4.78 is 2.09. The van der Waals surface area contributed by atoms with Gasteiger partial charge in [0.25, 0.3) is 5.91 Å². The lowest BCUT2D eigenvalue weighted by Crippen LogP contribution is -2.45. The minimum Gasteiger partial charge on any atom is -0.329 e. The lowest BCUT2D eigenvalue weighted by molar-refractivity contribution is -0.131. The van der Waals surface area contributed by atoms with E-state index in [-0.39, 0.29) is 17.9 Å². The van der Waals surface area contributed by atoms with Gasteiger partial charge in [-0.15, -0.1) is 0 Å². The van der Waals surface area contributed by atoms with Gasteiger partial charge in [-0.25, -0.2) is 9.99 Å². The standard InChI is InChI=1S/C19H23N5O2/c1-22-15-8-4-3-7-13(15)20-18(22)16-9-5-6-12-24(16)19(26)14-10-11-17(25)23(2)21-14/h3-4,7-8,16H,5-6,9-12H2,1-2H3/t16-/m0/s1.